The standard InChI is InChI=1S/C18H13BrFN3O3S/c1-10(24)21-13-5-6-14(15(20)8-13)16(25)9-27-18-23-22-17(26-18)11-3-2-4-12(19)7-11/h2-8H,9H2,1H3,(H,21,24). The highest BCUT2D eigenvalue weighted by Crippen LogP contribution is 2.26. The van der Waals surface area contributed by atoms with Gasteiger partial charge in [0, 0.05) is 22.6 Å². The van der Waals surface area contributed by atoms with Gasteiger partial charge >= 0.3 is 0 Å². The van der Waals surface area contributed by atoms with Crippen LogP contribution in [-0.2, 0) is 4.79 Å². The van der Waals surface area contributed by atoms with Gasteiger partial charge in [-0.05, 0) is 36.4 Å². The van der Waals surface area contributed by atoms with E-state index >= 15 is 0 Å². The Kier molecular flexibility index (Phi) is 6.02. The fraction of sp³-hybridized carbons (Fsp3) is 0.111. The fourth-order valence-electron chi connectivity index (χ4n) is 2.23. The Morgan fingerprint density at radius 1 is 1.22 bits per heavy atom. The molecule has 0 saturated heterocycles. The molecule has 3 rings (SSSR count). The summed E-state index contributed by atoms with van der Waals surface area (Å²) < 4.78 is 20.5. The number of thioether (sulfide) groups is 1. The molecule has 0 aliphatic rings. The van der Waals surface area contributed by atoms with Crippen LogP contribution in [0, 0.1) is 5.82 Å². The van der Waals surface area contributed by atoms with Gasteiger partial charge < -0.3 is 9.73 Å². The summed E-state index contributed by atoms with van der Waals surface area (Å²) in [6.07, 6.45) is 0. The van der Waals surface area contributed by atoms with Crippen LogP contribution in [0.2, 0.25) is 0 Å². The Morgan fingerprint density at radius 2 is 2.04 bits per heavy atom. The molecule has 0 unspecified atom stereocenters. The molecule has 3 aromatic rings. The van der Waals surface area contributed by atoms with Crippen LogP contribution >= 0.6 is 27.7 Å². The van der Waals surface area contributed by atoms with Gasteiger partial charge in [-0.15, -0.1) is 10.2 Å². The van der Waals surface area contributed by atoms with Crippen molar-refractivity contribution in [3.05, 3.63) is 58.3 Å². The van der Waals surface area contributed by atoms with Crippen molar-refractivity contribution in [1.29, 1.82) is 0 Å². The molecule has 138 valence electrons. The molecule has 0 aliphatic heterocycles. The third-order valence-electron chi connectivity index (χ3n) is 3.39. The highest BCUT2D eigenvalue weighted by Gasteiger charge is 2.16. The van der Waals surface area contributed by atoms with Gasteiger partial charge in [-0.25, -0.2) is 4.39 Å². The minimum absolute atomic E-state index is 0.0590. The first kappa shape index (κ1) is 19.2. The molecule has 0 radical (unpaired) electrons. The molecule has 0 bridgehead atoms. The number of carbonyl (C=O) groups is 2. The summed E-state index contributed by atoms with van der Waals surface area (Å²) in [6, 6.07) is 11.3. The largest absolute Gasteiger partial charge is 0.411 e. The zero-order valence-corrected chi connectivity index (χ0v) is 16.4. The van der Waals surface area contributed by atoms with Crippen molar-refractivity contribution < 1.29 is 18.4 Å². The number of hydrogen-bond acceptors (Lipinski definition) is 6. The van der Waals surface area contributed by atoms with E-state index in [9.17, 15) is 14.0 Å². The molecule has 0 saturated carbocycles. The van der Waals surface area contributed by atoms with Crippen LogP contribution in [0.25, 0.3) is 11.5 Å². The van der Waals surface area contributed by atoms with Crippen molar-refractivity contribution in [2.24, 2.45) is 0 Å². The number of Topliss-reactive ketones (excluding diaryl/α,β-unsaturated/α-hetero) is 1. The molecule has 9 heteroatoms. The maximum atomic E-state index is 14.1. The predicted octanol–water partition coefficient (Wildman–Crippen LogP) is 4.57. The van der Waals surface area contributed by atoms with Crippen LogP contribution < -0.4 is 5.32 Å². The van der Waals surface area contributed by atoms with Gasteiger partial charge in [0.1, 0.15) is 5.82 Å². The van der Waals surface area contributed by atoms with Crippen LogP contribution in [0.4, 0.5) is 10.1 Å². The van der Waals surface area contributed by atoms with Crippen LogP contribution in [0.15, 0.2) is 56.6 Å². The first-order chi connectivity index (χ1) is 12.9. The normalized spacial score (nSPS) is 10.6. The molecule has 1 aromatic heterocycles. The summed E-state index contributed by atoms with van der Waals surface area (Å²) in [7, 11) is 0. The van der Waals surface area contributed by atoms with E-state index in [-0.39, 0.29) is 22.4 Å². The lowest BCUT2D eigenvalue weighted by Crippen LogP contribution is -2.09. The van der Waals surface area contributed by atoms with E-state index < -0.39 is 11.6 Å². The molecule has 27 heavy (non-hydrogen) atoms. The monoisotopic (exact) mass is 449 g/mol. The number of aromatic nitrogens is 2. The second kappa shape index (κ2) is 8.45. The molecule has 0 atom stereocenters. The van der Waals surface area contributed by atoms with E-state index in [1.807, 2.05) is 24.3 Å². The third-order valence-corrected chi connectivity index (χ3v) is 4.71. The summed E-state index contributed by atoms with van der Waals surface area (Å²) >= 11 is 4.40. The fourth-order valence-corrected chi connectivity index (χ4v) is 3.28. The number of rotatable bonds is 6. The number of nitrogens with zero attached hydrogens (tertiary/aromatic N) is 2. The molecule has 0 aliphatic carbocycles. The molecule has 2 aromatic carbocycles. The van der Waals surface area contributed by atoms with Gasteiger partial charge in [-0.1, -0.05) is 33.8 Å². The topological polar surface area (TPSA) is 85.1 Å². The second-order valence-electron chi connectivity index (χ2n) is 5.47. The Bertz CT molecular complexity index is 1010. The van der Waals surface area contributed by atoms with Crippen molar-refractivity contribution in [3.8, 4) is 11.5 Å². The van der Waals surface area contributed by atoms with Crippen molar-refractivity contribution in [2.75, 3.05) is 11.1 Å². The number of nitrogens with one attached hydrogen (secondary N) is 1. The number of hydrogen-bond donors (Lipinski definition) is 1. The molecular formula is C18H13BrFN3O3S. The van der Waals surface area contributed by atoms with Gasteiger partial charge in [0.25, 0.3) is 5.22 Å². The van der Waals surface area contributed by atoms with Crippen molar-refractivity contribution in [2.45, 2.75) is 12.1 Å². The molecular weight excluding hydrogens is 437 g/mol. The lowest BCUT2D eigenvalue weighted by molar-refractivity contribution is -0.114. The summed E-state index contributed by atoms with van der Waals surface area (Å²) in [5, 5.41) is 10.5. The van der Waals surface area contributed by atoms with E-state index in [0.717, 1.165) is 27.9 Å². The van der Waals surface area contributed by atoms with Crippen molar-refractivity contribution in [3.63, 3.8) is 0 Å². The maximum absolute atomic E-state index is 14.1. The lowest BCUT2D eigenvalue weighted by Gasteiger charge is -2.05. The minimum atomic E-state index is -0.702. The summed E-state index contributed by atoms with van der Waals surface area (Å²) in [5.41, 5.74) is 0.970. The Labute approximate surface area is 166 Å². The van der Waals surface area contributed by atoms with Gasteiger partial charge in [0.15, 0.2) is 5.78 Å². The first-order valence-electron chi connectivity index (χ1n) is 7.75. The average Bonchev–Trinajstić information content (AvgIpc) is 3.08. The summed E-state index contributed by atoms with van der Waals surface area (Å²) in [5.74, 6) is -1.17. The predicted molar refractivity (Wildman–Crippen MR) is 103 cm³/mol. The number of carbonyl (C=O) groups excluding carboxylic acids is 2. The van der Waals surface area contributed by atoms with Crippen LogP contribution in [-0.4, -0.2) is 27.6 Å². The van der Waals surface area contributed by atoms with E-state index in [1.54, 1.807) is 0 Å². The number of amides is 1. The molecule has 0 fully saturated rings. The maximum Gasteiger partial charge on any atom is 0.277 e. The van der Waals surface area contributed by atoms with E-state index in [2.05, 4.69) is 31.4 Å². The molecule has 1 amide bonds. The summed E-state index contributed by atoms with van der Waals surface area (Å²) in [6.45, 7) is 1.32. The lowest BCUT2D eigenvalue weighted by atomic mass is 10.1. The number of benzene rings is 2. The Balaban J connectivity index is 1.65. The van der Waals surface area contributed by atoms with Crippen LogP contribution in [0.3, 0.4) is 0 Å². The van der Waals surface area contributed by atoms with Crippen molar-refractivity contribution >= 4 is 45.1 Å². The minimum Gasteiger partial charge on any atom is -0.411 e. The molecule has 1 heterocycles. The quantitative estimate of drug-likeness (QED) is 0.438. The second-order valence-corrected chi connectivity index (χ2v) is 7.31. The number of halogens is 2. The highest BCUT2D eigenvalue weighted by molar-refractivity contribution is 9.10. The molecule has 0 spiro atoms. The zero-order valence-electron chi connectivity index (χ0n) is 14.0. The number of anilines is 1. The number of ketones is 1. The van der Waals surface area contributed by atoms with E-state index in [0.29, 0.717) is 11.6 Å². The summed E-state index contributed by atoms with van der Waals surface area (Å²) in [4.78, 5) is 23.2. The van der Waals surface area contributed by atoms with Crippen molar-refractivity contribution in [1.82, 2.24) is 10.2 Å². The first-order valence-corrected chi connectivity index (χ1v) is 9.53. The Morgan fingerprint density at radius 3 is 2.74 bits per heavy atom. The van der Waals surface area contributed by atoms with E-state index in [1.165, 1.54) is 19.1 Å². The molecule has 6 nitrogen and oxygen atoms in total. The van der Waals surface area contributed by atoms with E-state index in [4.69, 9.17) is 4.42 Å². The van der Waals surface area contributed by atoms with Crippen LogP contribution in [0.5, 0.6) is 0 Å². The average molecular weight is 450 g/mol. The van der Waals surface area contributed by atoms with Gasteiger partial charge in [-0.3, -0.25) is 9.59 Å². The zero-order chi connectivity index (χ0) is 19.4. The SMILES string of the molecule is CC(=O)Nc1ccc(C(=O)CSc2nnc(-c3cccc(Br)c3)o2)c(F)c1. The van der Waals surface area contributed by atoms with Crippen LogP contribution in [0.1, 0.15) is 17.3 Å². The van der Waals surface area contributed by atoms with Gasteiger partial charge in [0.2, 0.25) is 11.8 Å². The third kappa shape index (κ3) is 5.01. The highest BCUT2D eigenvalue weighted by atomic mass is 79.9. The molecule has 1 N–H and O–H groups in total. The Hall–Kier alpha value is -2.52. The van der Waals surface area contributed by atoms with Gasteiger partial charge in [0.05, 0.1) is 11.3 Å². The van der Waals surface area contributed by atoms with Gasteiger partial charge in [-0.2, -0.15) is 0 Å². The smallest absolute Gasteiger partial charge is 0.277 e.